The molecule has 0 spiro atoms. The van der Waals surface area contributed by atoms with Crippen LogP contribution in [0.25, 0.3) is 10.9 Å². The van der Waals surface area contributed by atoms with Gasteiger partial charge in [-0.15, -0.1) is 0 Å². The van der Waals surface area contributed by atoms with E-state index in [1.165, 1.54) is 5.39 Å². The first-order chi connectivity index (χ1) is 10.5. The fourth-order valence-corrected chi connectivity index (χ4v) is 2.43. The summed E-state index contributed by atoms with van der Waals surface area (Å²) in [6, 6.07) is 8.18. The van der Waals surface area contributed by atoms with Gasteiger partial charge in [-0.3, -0.25) is 4.79 Å². The van der Waals surface area contributed by atoms with Gasteiger partial charge in [-0.2, -0.15) is 0 Å². The quantitative estimate of drug-likeness (QED) is 0.822. The summed E-state index contributed by atoms with van der Waals surface area (Å²) in [6.07, 6.45) is 2.10. The molecule has 120 valence electrons. The number of hydrogen-bond acceptors (Lipinski definition) is 3. The lowest BCUT2D eigenvalue weighted by atomic mass is 10.1. The number of fused-ring (bicyclic) bond motifs is 1. The van der Waals surface area contributed by atoms with Crippen LogP contribution in [0.5, 0.6) is 0 Å². The van der Waals surface area contributed by atoms with Crippen molar-refractivity contribution in [2.75, 3.05) is 39.5 Å². The van der Waals surface area contributed by atoms with E-state index in [2.05, 4.69) is 58.6 Å². The minimum absolute atomic E-state index is 0.0418. The van der Waals surface area contributed by atoms with Gasteiger partial charge < -0.3 is 20.1 Å². The van der Waals surface area contributed by atoms with Crippen molar-refractivity contribution in [3.63, 3.8) is 0 Å². The maximum Gasteiger partial charge on any atom is 0.228 e. The van der Waals surface area contributed by atoms with Crippen LogP contribution >= 0.6 is 0 Å². The van der Waals surface area contributed by atoms with Crippen molar-refractivity contribution in [2.24, 2.45) is 5.92 Å². The van der Waals surface area contributed by atoms with Crippen molar-refractivity contribution >= 4 is 22.5 Å². The van der Waals surface area contributed by atoms with Crippen LogP contribution in [0.4, 0.5) is 5.69 Å². The molecule has 2 rings (SSSR count). The molecule has 1 aromatic carbocycles. The monoisotopic (exact) mass is 302 g/mol. The summed E-state index contributed by atoms with van der Waals surface area (Å²) in [6.45, 7) is 4.51. The number of carbonyl (C=O) groups excluding carboxylic acids is 1. The molecular weight excluding hydrogens is 276 g/mol. The highest BCUT2D eigenvalue weighted by molar-refractivity contribution is 5.95. The van der Waals surface area contributed by atoms with Crippen molar-refractivity contribution in [3.8, 4) is 0 Å². The van der Waals surface area contributed by atoms with Gasteiger partial charge in [-0.05, 0) is 44.7 Å². The molecule has 0 fully saturated rings. The van der Waals surface area contributed by atoms with Gasteiger partial charge >= 0.3 is 0 Å². The first-order valence-corrected chi connectivity index (χ1v) is 7.70. The van der Waals surface area contributed by atoms with E-state index in [1.54, 1.807) is 0 Å². The van der Waals surface area contributed by atoms with Gasteiger partial charge in [-0.1, -0.05) is 13.0 Å². The molecule has 2 N–H and O–H groups in total. The first kappa shape index (κ1) is 16.5. The second-order valence-corrected chi connectivity index (χ2v) is 6.03. The van der Waals surface area contributed by atoms with E-state index in [0.29, 0.717) is 6.54 Å². The van der Waals surface area contributed by atoms with Crippen molar-refractivity contribution < 1.29 is 4.79 Å². The predicted molar refractivity (Wildman–Crippen MR) is 92.2 cm³/mol. The Kier molecular flexibility index (Phi) is 5.57. The molecule has 0 aliphatic heterocycles. The Balaban J connectivity index is 2.14. The summed E-state index contributed by atoms with van der Waals surface area (Å²) in [5.74, 6) is -0.0127. The molecule has 1 amide bonds. The summed E-state index contributed by atoms with van der Waals surface area (Å²) >= 11 is 0. The number of nitrogens with one attached hydrogen (secondary N) is 2. The highest BCUT2D eigenvalue weighted by Crippen LogP contribution is 2.21. The van der Waals surface area contributed by atoms with E-state index in [4.69, 9.17) is 0 Å². The number of aromatic nitrogens is 1. The van der Waals surface area contributed by atoms with Gasteiger partial charge in [0.25, 0.3) is 0 Å². The van der Waals surface area contributed by atoms with Gasteiger partial charge in [0.05, 0.1) is 5.52 Å². The Morgan fingerprint density at radius 2 is 2.09 bits per heavy atom. The molecule has 22 heavy (non-hydrogen) atoms. The maximum atomic E-state index is 12.1. The van der Waals surface area contributed by atoms with Crippen LogP contribution in [0.3, 0.4) is 0 Å². The minimum Gasteiger partial charge on any atom is -0.346 e. The SMILES string of the molecule is CNCC(C)C(=O)Nc1ccc2ccn(CCN(C)C)c2c1. The van der Waals surface area contributed by atoms with E-state index in [1.807, 2.05) is 20.0 Å². The van der Waals surface area contributed by atoms with Crippen LogP contribution in [0.15, 0.2) is 30.5 Å². The standard InChI is InChI=1S/C17H26N4O/c1-13(12-18-2)17(22)19-15-6-5-14-7-8-21(16(14)11-15)10-9-20(3)4/h5-8,11,13,18H,9-10,12H2,1-4H3,(H,19,22). The zero-order valence-electron chi connectivity index (χ0n) is 13.9. The van der Waals surface area contributed by atoms with Crippen LogP contribution in [0.1, 0.15) is 6.92 Å². The van der Waals surface area contributed by atoms with Crippen LogP contribution in [-0.2, 0) is 11.3 Å². The zero-order chi connectivity index (χ0) is 16.1. The number of anilines is 1. The fourth-order valence-electron chi connectivity index (χ4n) is 2.43. The number of rotatable bonds is 7. The predicted octanol–water partition coefficient (Wildman–Crippen LogP) is 2.00. The fraction of sp³-hybridized carbons (Fsp3) is 0.471. The molecule has 5 nitrogen and oxygen atoms in total. The minimum atomic E-state index is -0.0544. The van der Waals surface area contributed by atoms with E-state index in [0.717, 1.165) is 24.3 Å². The Hall–Kier alpha value is -1.85. The number of carbonyl (C=O) groups is 1. The summed E-state index contributed by atoms with van der Waals surface area (Å²) in [5, 5.41) is 7.22. The molecule has 5 heteroatoms. The van der Waals surface area contributed by atoms with Gasteiger partial charge in [0.2, 0.25) is 5.91 Å². The zero-order valence-corrected chi connectivity index (χ0v) is 13.9. The number of likely N-dealkylation sites (N-methyl/N-ethyl adjacent to an activating group) is 1. The third-order valence-electron chi connectivity index (χ3n) is 3.79. The summed E-state index contributed by atoms with van der Waals surface area (Å²) in [5.41, 5.74) is 2.01. The largest absolute Gasteiger partial charge is 0.346 e. The lowest BCUT2D eigenvalue weighted by Gasteiger charge is -2.13. The second-order valence-electron chi connectivity index (χ2n) is 6.03. The molecular formula is C17H26N4O. The van der Waals surface area contributed by atoms with Gasteiger partial charge in [0.15, 0.2) is 0 Å². The van der Waals surface area contributed by atoms with Crippen molar-refractivity contribution in [3.05, 3.63) is 30.5 Å². The second kappa shape index (κ2) is 7.42. The van der Waals surface area contributed by atoms with Gasteiger partial charge in [-0.25, -0.2) is 0 Å². The Morgan fingerprint density at radius 3 is 2.77 bits per heavy atom. The average molecular weight is 302 g/mol. The normalized spacial score (nSPS) is 12.8. The molecule has 2 aromatic rings. The highest BCUT2D eigenvalue weighted by atomic mass is 16.1. The summed E-state index contributed by atoms with van der Waals surface area (Å²) < 4.78 is 2.22. The number of nitrogens with zero attached hydrogens (tertiary/aromatic N) is 2. The molecule has 0 aliphatic carbocycles. The molecule has 1 aromatic heterocycles. The van der Waals surface area contributed by atoms with Crippen LogP contribution < -0.4 is 10.6 Å². The number of benzene rings is 1. The third-order valence-corrected chi connectivity index (χ3v) is 3.79. The summed E-state index contributed by atoms with van der Waals surface area (Å²) in [4.78, 5) is 14.3. The molecule has 0 bridgehead atoms. The number of amides is 1. The molecule has 1 unspecified atom stereocenters. The van der Waals surface area contributed by atoms with Crippen LogP contribution in [-0.4, -0.2) is 49.6 Å². The van der Waals surface area contributed by atoms with E-state index >= 15 is 0 Å². The van der Waals surface area contributed by atoms with E-state index in [-0.39, 0.29) is 11.8 Å². The third kappa shape index (κ3) is 4.08. The molecule has 1 atom stereocenters. The Bertz CT molecular complexity index is 633. The maximum absolute atomic E-state index is 12.1. The van der Waals surface area contributed by atoms with Crippen LogP contribution in [0, 0.1) is 5.92 Å². The Morgan fingerprint density at radius 1 is 1.32 bits per heavy atom. The van der Waals surface area contributed by atoms with E-state index < -0.39 is 0 Å². The van der Waals surface area contributed by atoms with Crippen LogP contribution in [0.2, 0.25) is 0 Å². The molecule has 0 aliphatic rings. The van der Waals surface area contributed by atoms with Crippen molar-refractivity contribution in [1.29, 1.82) is 0 Å². The summed E-state index contributed by atoms with van der Waals surface area (Å²) in [7, 11) is 5.99. The molecule has 0 radical (unpaired) electrons. The smallest absolute Gasteiger partial charge is 0.228 e. The number of hydrogen-bond donors (Lipinski definition) is 2. The average Bonchev–Trinajstić information content (AvgIpc) is 2.87. The molecule has 0 saturated carbocycles. The first-order valence-electron chi connectivity index (χ1n) is 7.70. The molecule has 1 heterocycles. The lowest BCUT2D eigenvalue weighted by Crippen LogP contribution is -2.28. The topological polar surface area (TPSA) is 49.3 Å². The van der Waals surface area contributed by atoms with Gasteiger partial charge in [0.1, 0.15) is 0 Å². The molecule has 0 saturated heterocycles. The lowest BCUT2D eigenvalue weighted by molar-refractivity contribution is -0.119. The highest BCUT2D eigenvalue weighted by Gasteiger charge is 2.12. The van der Waals surface area contributed by atoms with E-state index in [9.17, 15) is 4.79 Å². The Labute approximate surface area is 132 Å². The van der Waals surface area contributed by atoms with Crippen molar-refractivity contribution in [1.82, 2.24) is 14.8 Å². The van der Waals surface area contributed by atoms with Gasteiger partial charge in [0, 0.05) is 37.4 Å². The van der Waals surface area contributed by atoms with Crippen molar-refractivity contribution in [2.45, 2.75) is 13.5 Å².